The molecule has 94 valence electrons. The van der Waals surface area contributed by atoms with Crippen molar-refractivity contribution >= 4 is 22.4 Å². The van der Waals surface area contributed by atoms with E-state index in [4.69, 9.17) is 0 Å². The van der Waals surface area contributed by atoms with Gasteiger partial charge >= 0.3 is 0 Å². The lowest BCUT2D eigenvalue weighted by molar-refractivity contribution is 0.593. The van der Waals surface area contributed by atoms with Crippen molar-refractivity contribution in [2.45, 2.75) is 39.5 Å². The first-order valence-electron chi connectivity index (χ1n) is 5.69. The van der Waals surface area contributed by atoms with E-state index in [0.717, 1.165) is 25.7 Å². The summed E-state index contributed by atoms with van der Waals surface area (Å²) in [6, 6.07) is 0. The van der Waals surface area contributed by atoms with Crippen LogP contribution in [0.2, 0.25) is 0 Å². The van der Waals surface area contributed by atoms with Crippen molar-refractivity contribution in [3.8, 4) is 0 Å². The summed E-state index contributed by atoms with van der Waals surface area (Å²) in [6.45, 7) is 11.6. The highest BCUT2D eigenvalue weighted by molar-refractivity contribution is 8.00. The summed E-state index contributed by atoms with van der Waals surface area (Å²) >= 11 is -2.22. The normalized spacial score (nSPS) is 14.5. The predicted molar refractivity (Wildman–Crippen MR) is 74.1 cm³/mol. The SMILES string of the molecule is C=C(C(=C)[S+]([O-])CCCC)[S+]([O-])CCCC. The number of hydrogen-bond acceptors (Lipinski definition) is 2. The van der Waals surface area contributed by atoms with Crippen molar-refractivity contribution in [2.24, 2.45) is 0 Å². The van der Waals surface area contributed by atoms with Gasteiger partial charge in [0.15, 0.2) is 9.81 Å². The lowest BCUT2D eigenvalue weighted by Crippen LogP contribution is -2.17. The van der Waals surface area contributed by atoms with Gasteiger partial charge in [-0.1, -0.05) is 26.7 Å². The van der Waals surface area contributed by atoms with Crippen molar-refractivity contribution in [1.29, 1.82) is 0 Å². The molecule has 0 aromatic carbocycles. The summed E-state index contributed by atoms with van der Waals surface area (Å²) in [4.78, 5) is 0.922. The summed E-state index contributed by atoms with van der Waals surface area (Å²) < 4.78 is 23.5. The molecule has 0 aliphatic heterocycles. The molecule has 0 N–H and O–H groups in total. The van der Waals surface area contributed by atoms with Gasteiger partial charge in [0.1, 0.15) is 11.5 Å². The van der Waals surface area contributed by atoms with Crippen molar-refractivity contribution in [1.82, 2.24) is 0 Å². The van der Waals surface area contributed by atoms with E-state index < -0.39 is 22.4 Å². The number of rotatable bonds is 9. The van der Waals surface area contributed by atoms with Crippen LogP contribution in [0.15, 0.2) is 23.0 Å². The minimum atomic E-state index is -1.11. The molecule has 0 amide bonds. The topological polar surface area (TPSA) is 46.1 Å². The second kappa shape index (κ2) is 9.16. The Morgan fingerprint density at radius 2 is 1.19 bits per heavy atom. The minimum absolute atomic E-state index is 0.461. The number of hydrogen-bond donors (Lipinski definition) is 0. The van der Waals surface area contributed by atoms with Gasteiger partial charge in [0.2, 0.25) is 0 Å². The molecule has 0 rings (SSSR count). The fraction of sp³-hybridized carbons (Fsp3) is 0.667. The third kappa shape index (κ3) is 5.99. The molecule has 0 aromatic heterocycles. The van der Waals surface area contributed by atoms with E-state index in [0.29, 0.717) is 21.3 Å². The fourth-order valence-electron chi connectivity index (χ4n) is 1.05. The van der Waals surface area contributed by atoms with Crippen molar-refractivity contribution < 1.29 is 9.11 Å². The van der Waals surface area contributed by atoms with Gasteiger partial charge in [0.25, 0.3) is 0 Å². The first kappa shape index (κ1) is 16.1. The average Bonchev–Trinajstić information content (AvgIpc) is 2.30. The summed E-state index contributed by atoms with van der Waals surface area (Å²) in [5.41, 5.74) is 0. The van der Waals surface area contributed by atoms with Crippen LogP contribution in [0.5, 0.6) is 0 Å². The molecule has 0 saturated carbocycles. The zero-order chi connectivity index (χ0) is 12.6. The Morgan fingerprint density at radius 1 is 0.875 bits per heavy atom. The molecular formula is C12H22O2S2. The Kier molecular flexibility index (Phi) is 9.22. The smallest absolute Gasteiger partial charge is 0.199 e. The largest absolute Gasteiger partial charge is 0.611 e. The Bertz CT molecular complexity index is 205. The van der Waals surface area contributed by atoms with Gasteiger partial charge in [-0.3, -0.25) is 0 Å². The molecule has 0 saturated heterocycles. The number of unbranched alkanes of at least 4 members (excludes halogenated alkanes) is 2. The summed E-state index contributed by atoms with van der Waals surface area (Å²) in [5.74, 6) is 1.19. The molecule has 16 heavy (non-hydrogen) atoms. The Morgan fingerprint density at radius 3 is 1.44 bits per heavy atom. The maximum absolute atomic E-state index is 11.7. The van der Waals surface area contributed by atoms with Crippen molar-refractivity contribution in [3.63, 3.8) is 0 Å². The van der Waals surface area contributed by atoms with Crippen LogP contribution in [0.4, 0.5) is 0 Å². The van der Waals surface area contributed by atoms with Crippen LogP contribution in [0.1, 0.15) is 39.5 Å². The first-order chi connectivity index (χ1) is 7.54. The predicted octanol–water partition coefficient (Wildman–Crippen LogP) is 3.11. The molecule has 0 aliphatic carbocycles. The van der Waals surface area contributed by atoms with E-state index in [2.05, 4.69) is 13.2 Å². The molecular weight excluding hydrogens is 240 g/mol. The molecule has 0 fully saturated rings. The zero-order valence-electron chi connectivity index (χ0n) is 10.3. The lowest BCUT2D eigenvalue weighted by atomic mass is 10.4. The summed E-state index contributed by atoms with van der Waals surface area (Å²) in [6.07, 6.45) is 3.82. The van der Waals surface area contributed by atoms with Crippen LogP contribution in [0.3, 0.4) is 0 Å². The average molecular weight is 262 g/mol. The Balaban J connectivity index is 4.10. The second-order valence-electron chi connectivity index (χ2n) is 3.65. The van der Waals surface area contributed by atoms with Gasteiger partial charge in [0, 0.05) is 0 Å². The van der Waals surface area contributed by atoms with Crippen LogP contribution in [-0.2, 0) is 22.4 Å². The molecule has 0 aromatic rings. The zero-order valence-corrected chi connectivity index (χ0v) is 11.9. The highest BCUT2D eigenvalue weighted by atomic mass is 32.2. The molecule has 2 nitrogen and oxygen atoms in total. The monoisotopic (exact) mass is 262 g/mol. The Labute approximate surface area is 106 Å². The van der Waals surface area contributed by atoms with Crippen LogP contribution < -0.4 is 0 Å². The molecule has 0 spiro atoms. The summed E-state index contributed by atoms with van der Waals surface area (Å²) in [5, 5.41) is 0. The van der Waals surface area contributed by atoms with E-state index in [1.807, 2.05) is 13.8 Å². The van der Waals surface area contributed by atoms with Crippen LogP contribution in [0.25, 0.3) is 0 Å². The van der Waals surface area contributed by atoms with Crippen LogP contribution in [-0.4, -0.2) is 20.6 Å². The first-order valence-corrected chi connectivity index (χ1v) is 8.33. The van der Waals surface area contributed by atoms with Gasteiger partial charge in [-0.05, 0) is 48.4 Å². The fourth-order valence-corrected chi connectivity index (χ4v) is 3.71. The third-order valence-corrected chi connectivity index (χ3v) is 5.27. The summed E-state index contributed by atoms with van der Waals surface area (Å²) in [7, 11) is 0. The molecule has 4 heteroatoms. The van der Waals surface area contributed by atoms with Gasteiger partial charge in [-0.2, -0.15) is 0 Å². The molecule has 0 heterocycles. The third-order valence-electron chi connectivity index (χ3n) is 2.23. The molecule has 0 radical (unpaired) electrons. The minimum Gasteiger partial charge on any atom is -0.611 e. The maximum Gasteiger partial charge on any atom is 0.199 e. The maximum atomic E-state index is 11.7. The van der Waals surface area contributed by atoms with E-state index in [1.165, 1.54) is 0 Å². The van der Waals surface area contributed by atoms with E-state index in [1.54, 1.807) is 0 Å². The van der Waals surface area contributed by atoms with E-state index in [-0.39, 0.29) is 0 Å². The van der Waals surface area contributed by atoms with Gasteiger partial charge < -0.3 is 9.11 Å². The van der Waals surface area contributed by atoms with E-state index >= 15 is 0 Å². The standard InChI is InChI=1S/C12H22O2S2/c1-5-7-9-15(13)11(3)12(4)16(14)10-8-6-2/h3-10H2,1-2H3. The molecule has 2 atom stereocenters. The molecule has 2 unspecified atom stereocenters. The molecule has 0 bridgehead atoms. The van der Waals surface area contributed by atoms with E-state index in [9.17, 15) is 9.11 Å². The highest BCUT2D eigenvalue weighted by Crippen LogP contribution is 2.22. The van der Waals surface area contributed by atoms with Gasteiger partial charge in [0.05, 0.1) is 0 Å². The van der Waals surface area contributed by atoms with Crippen LogP contribution in [0, 0.1) is 0 Å². The lowest BCUT2D eigenvalue weighted by Gasteiger charge is -2.16. The van der Waals surface area contributed by atoms with Crippen molar-refractivity contribution in [3.05, 3.63) is 23.0 Å². The second-order valence-corrected chi connectivity index (χ2v) is 6.84. The van der Waals surface area contributed by atoms with Crippen molar-refractivity contribution in [2.75, 3.05) is 11.5 Å². The quantitative estimate of drug-likeness (QED) is 0.473. The van der Waals surface area contributed by atoms with Gasteiger partial charge in [-0.25, -0.2) is 0 Å². The van der Waals surface area contributed by atoms with Crippen LogP contribution >= 0.6 is 0 Å². The molecule has 0 aliphatic rings. The highest BCUT2D eigenvalue weighted by Gasteiger charge is 2.24. The van der Waals surface area contributed by atoms with Gasteiger partial charge in [-0.15, -0.1) is 0 Å². The Hall–Kier alpha value is 0.1000.